The van der Waals surface area contributed by atoms with Crippen molar-refractivity contribution in [2.24, 2.45) is 5.92 Å². The summed E-state index contributed by atoms with van der Waals surface area (Å²) >= 11 is 0. The van der Waals surface area contributed by atoms with Crippen LogP contribution in [0, 0.1) is 5.92 Å². The van der Waals surface area contributed by atoms with Gasteiger partial charge in [-0.05, 0) is 12.8 Å². The zero-order valence-electron chi connectivity index (χ0n) is 7.74. The summed E-state index contributed by atoms with van der Waals surface area (Å²) in [6.45, 7) is 3.91. The highest BCUT2D eigenvalue weighted by molar-refractivity contribution is 5.38. The van der Waals surface area contributed by atoms with Crippen molar-refractivity contribution in [3.05, 3.63) is 60.3 Å². The van der Waals surface area contributed by atoms with Crippen molar-refractivity contribution in [3.8, 4) is 0 Å². The summed E-state index contributed by atoms with van der Waals surface area (Å²) in [5.41, 5.74) is 2.95. The molecular formula is C13H14. The molecule has 66 valence electrons. The molecule has 0 aromatic heterocycles. The van der Waals surface area contributed by atoms with Crippen LogP contribution in [0.4, 0.5) is 0 Å². The maximum atomic E-state index is 3.91. The minimum Gasteiger partial charge on any atom is -0.102 e. The second-order valence-electron chi connectivity index (χ2n) is 3.46. The van der Waals surface area contributed by atoms with E-state index in [1.807, 2.05) is 0 Å². The van der Waals surface area contributed by atoms with E-state index in [-0.39, 0.29) is 0 Å². The molecule has 0 heteroatoms. The molecule has 2 aliphatic rings. The quantitative estimate of drug-likeness (QED) is 0.568. The van der Waals surface area contributed by atoms with Gasteiger partial charge in [-0.3, -0.25) is 0 Å². The maximum absolute atomic E-state index is 3.91. The van der Waals surface area contributed by atoms with Gasteiger partial charge in [0.25, 0.3) is 0 Å². The van der Waals surface area contributed by atoms with E-state index in [2.05, 4.69) is 49.1 Å². The predicted octanol–water partition coefficient (Wildman–Crippen LogP) is 3.56. The Bertz CT molecular complexity index is 294. The summed E-state index contributed by atoms with van der Waals surface area (Å²) in [7, 11) is 0. The second-order valence-corrected chi connectivity index (χ2v) is 3.46. The highest BCUT2D eigenvalue weighted by Crippen LogP contribution is 2.31. The molecule has 0 heterocycles. The van der Waals surface area contributed by atoms with E-state index in [4.69, 9.17) is 0 Å². The van der Waals surface area contributed by atoms with Crippen LogP contribution < -0.4 is 0 Å². The van der Waals surface area contributed by atoms with Crippen molar-refractivity contribution < 1.29 is 0 Å². The number of rotatable bonds is 3. The molecule has 2 rings (SSSR count). The third-order valence-corrected chi connectivity index (χ3v) is 2.63. The van der Waals surface area contributed by atoms with E-state index in [9.17, 15) is 0 Å². The Morgan fingerprint density at radius 2 is 1.62 bits per heavy atom. The SMILES string of the molecule is C=CC(C1=CC=CC1)C1=CC=CC1. The Morgan fingerprint density at radius 1 is 1.08 bits per heavy atom. The van der Waals surface area contributed by atoms with Gasteiger partial charge in [-0.1, -0.05) is 53.7 Å². The van der Waals surface area contributed by atoms with Crippen LogP contribution >= 0.6 is 0 Å². The Labute approximate surface area is 79.7 Å². The lowest BCUT2D eigenvalue weighted by molar-refractivity contribution is 0.850. The first-order valence-corrected chi connectivity index (χ1v) is 4.75. The van der Waals surface area contributed by atoms with E-state index in [0.29, 0.717) is 5.92 Å². The molecule has 0 amide bonds. The van der Waals surface area contributed by atoms with Crippen LogP contribution in [0.1, 0.15) is 12.8 Å². The molecule has 0 aliphatic heterocycles. The van der Waals surface area contributed by atoms with Crippen LogP contribution in [0.15, 0.2) is 60.3 Å². The van der Waals surface area contributed by atoms with Crippen LogP contribution in [-0.2, 0) is 0 Å². The van der Waals surface area contributed by atoms with E-state index >= 15 is 0 Å². The summed E-state index contributed by atoms with van der Waals surface area (Å²) in [6, 6.07) is 0. The number of hydrogen-bond donors (Lipinski definition) is 0. The van der Waals surface area contributed by atoms with Gasteiger partial charge in [0.05, 0.1) is 0 Å². The molecule has 0 N–H and O–H groups in total. The van der Waals surface area contributed by atoms with Crippen molar-refractivity contribution in [1.82, 2.24) is 0 Å². The Kier molecular flexibility index (Phi) is 2.31. The third-order valence-electron chi connectivity index (χ3n) is 2.63. The van der Waals surface area contributed by atoms with Gasteiger partial charge < -0.3 is 0 Å². The zero-order chi connectivity index (χ0) is 9.10. The summed E-state index contributed by atoms with van der Waals surface area (Å²) in [4.78, 5) is 0. The second kappa shape index (κ2) is 3.61. The first kappa shape index (κ1) is 8.31. The number of hydrogen-bond acceptors (Lipinski definition) is 0. The molecular weight excluding hydrogens is 156 g/mol. The molecule has 0 fully saturated rings. The van der Waals surface area contributed by atoms with Gasteiger partial charge in [0.15, 0.2) is 0 Å². The maximum Gasteiger partial charge on any atom is 0.0197 e. The third kappa shape index (κ3) is 1.57. The molecule has 0 saturated heterocycles. The molecule has 13 heavy (non-hydrogen) atoms. The van der Waals surface area contributed by atoms with Crippen LogP contribution in [0.25, 0.3) is 0 Å². The molecule has 0 aromatic carbocycles. The van der Waals surface area contributed by atoms with Crippen LogP contribution in [0.3, 0.4) is 0 Å². The minimum atomic E-state index is 0.463. The lowest BCUT2D eigenvalue weighted by Gasteiger charge is -2.15. The summed E-state index contributed by atoms with van der Waals surface area (Å²) in [5, 5.41) is 0. The monoisotopic (exact) mass is 170 g/mol. The molecule has 0 nitrogen and oxygen atoms in total. The van der Waals surface area contributed by atoms with E-state index in [1.165, 1.54) is 11.1 Å². The van der Waals surface area contributed by atoms with E-state index < -0.39 is 0 Å². The smallest absolute Gasteiger partial charge is 0.0197 e. The Balaban J connectivity index is 2.14. The Hall–Kier alpha value is -1.30. The first-order valence-electron chi connectivity index (χ1n) is 4.75. The molecule has 0 saturated carbocycles. The van der Waals surface area contributed by atoms with Crippen molar-refractivity contribution in [1.29, 1.82) is 0 Å². The van der Waals surface area contributed by atoms with Gasteiger partial charge in [0, 0.05) is 5.92 Å². The Morgan fingerprint density at radius 3 is 1.92 bits per heavy atom. The van der Waals surface area contributed by atoms with Crippen molar-refractivity contribution in [2.45, 2.75) is 12.8 Å². The number of allylic oxidation sites excluding steroid dienone is 9. The van der Waals surface area contributed by atoms with Crippen LogP contribution in [-0.4, -0.2) is 0 Å². The highest BCUT2D eigenvalue weighted by Gasteiger charge is 2.16. The molecule has 0 atom stereocenters. The molecule has 2 aliphatic carbocycles. The molecule has 0 aromatic rings. The predicted molar refractivity (Wildman–Crippen MR) is 57.4 cm³/mol. The van der Waals surface area contributed by atoms with Crippen LogP contribution in [0.5, 0.6) is 0 Å². The summed E-state index contributed by atoms with van der Waals surface area (Å²) in [6.07, 6.45) is 17.3. The van der Waals surface area contributed by atoms with Crippen molar-refractivity contribution in [3.63, 3.8) is 0 Å². The standard InChI is InChI=1S/C13H14/c1-2-13(11-7-3-4-8-11)12-9-5-6-10-12/h2-7,9,13H,1,8,10H2. The van der Waals surface area contributed by atoms with Gasteiger partial charge in [-0.2, -0.15) is 0 Å². The molecule has 0 spiro atoms. The van der Waals surface area contributed by atoms with Gasteiger partial charge >= 0.3 is 0 Å². The van der Waals surface area contributed by atoms with Gasteiger partial charge in [0.2, 0.25) is 0 Å². The average molecular weight is 170 g/mol. The fourth-order valence-electron chi connectivity index (χ4n) is 1.93. The molecule has 0 bridgehead atoms. The largest absolute Gasteiger partial charge is 0.102 e. The minimum absolute atomic E-state index is 0.463. The van der Waals surface area contributed by atoms with E-state index in [0.717, 1.165) is 12.8 Å². The van der Waals surface area contributed by atoms with Gasteiger partial charge in [0.1, 0.15) is 0 Å². The van der Waals surface area contributed by atoms with E-state index in [1.54, 1.807) is 0 Å². The lowest BCUT2D eigenvalue weighted by Crippen LogP contribution is -2.01. The first-order chi connectivity index (χ1) is 6.42. The van der Waals surface area contributed by atoms with Gasteiger partial charge in [-0.15, -0.1) is 6.58 Å². The van der Waals surface area contributed by atoms with Crippen molar-refractivity contribution >= 4 is 0 Å². The van der Waals surface area contributed by atoms with Gasteiger partial charge in [-0.25, -0.2) is 0 Å². The average Bonchev–Trinajstić information content (AvgIpc) is 2.76. The fraction of sp³-hybridized carbons (Fsp3) is 0.231. The normalized spacial score (nSPS) is 19.5. The summed E-state index contributed by atoms with van der Waals surface area (Å²) < 4.78 is 0. The summed E-state index contributed by atoms with van der Waals surface area (Å²) in [5.74, 6) is 0.463. The fourth-order valence-corrected chi connectivity index (χ4v) is 1.93. The topological polar surface area (TPSA) is 0 Å². The molecule has 0 unspecified atom stereocenters. The highest BCUT2D eigenvalue weighted by atomic mass is 14.2. The van der Waals surface area contributed by atoms with Crippen LogP contribution in [0.2, 0.25) is 0 Å². The lowest BCUT2D eigenvalue weighted by atomic mass is 9.89. The van der Waals surface area contributed by atoms with Crippen molar-refractivity contribution in [2.75, 3.05) is 0 Å². The molecule has 0 radical (unpaired) electrons. The zero-order valence-corrected chi connectivity index (χ0v) is 7.74.